The van der Waals surface area contributed by atoms with Crippen LogP contribution >= 0.6 is 0 Å². The zero-order valence-corrected chi connectivity index (χ0v) is 9.08. The lowest BCUT2D eigenvalue weighted by Gasteiger charge is -2.13. The van der Waals surface area contributed by atoms with E-state index in [2.05, 4.69) is 4.74 Å². The highest BCUT2D eigenvalue weighted by molar-refractivity contribution is 5.72. The Morgan fingerprint density at radius 3 is 2.60 bits per heavy atom. The number of carbonyl (C=O) groups is 1. The molecule has 0 amide bonds. The Morgan fingerprint density at radius 2 is 2.13 bits per heavy atom. The third kappa shape index (κ3) is 2.94. The summed E-state index contributed by atoms with van der Waals surface area (Å²) in [6.45, 7) is 0. The zero-order valence-electron chi connectivity index (χ0n) is 9.08. The minimum absolute atomic E-state index is 0.0983. The van der Waals surface area contributed by atoms with Crippen molar-refractivity contribution in [3.05, 3.63) is 29.6 Å². The molecule has 0 saturated heterocycles. The smallest absolute Gasteiger partial charge is 0.309 e. The normalized spacial score (nSPS) is 9.87. The van der Waals surface area contributed by atoms with E-state index in [0.717, 1.165) is 0 Å². The number of rotatable bonds is 3. The van der Waals surface area contributed by atoms with Crippen molar-refractivity contribution in [2.45, 2.75) is 6.42 Å². The molecule has 1 rings (SSSR count). The first-order valence-electron chi connectivity index (χ1n) is 4.57. The van der Waals surface area contributed by atoms with E-state index in [4.69, 9.17) is 0 Å². The van der Waals surface area contributed by atoms with E-state index in [9.17, 15) is 9.18 Å². The Balaban J connectivity index is 2.87. The molecular weight excluding hydrogens is 197 g/mol. The lowest BCUT2D eigenvalue weighted by atomic mass is 10.1. The van der Waals surface area contributed by atoms with Gasteiger partial charge < -0.3 is 9.64 Å². The van der Waals surface area contributed by atoms with Gasteiger partial charge in [0.2, 0.25) is 0 Å². The van der Waals surface area contributed by atoms with Crippen molar-refractivity contribution in [2.75, 3.05) is 26.1 Å². The number of esters is 1. The fourth-order valence-corrected chi connectivity index (χ4v) is 1.26. The monoisotopic (exact) mass is 211 g/mol. The Morgan fingerprint density at radius 1 is 1.47 bits per heavy atom. The number of hydrogen-bond donors (Lipinski definition) is 0. The van der Waals surface area contributed by atoms with Crippen molar-refractivity contribution in [1.82, 2.24) is 0 Å². The van der Waals surface area contributed by atoms with E-state index in [1.54, 1.807) is 31.1 Å². The second-order valence-electron chi connectivity index (χ2n) is 3.43. The predicted molar refractivity (Wildman–Crippen MR) is 56.4 cm³/mol. The van der Waals surface area contributed by atoms with Gasteiger partial charge in [-0.25, -0.2) is 4.39 Å². The van der Waals surface area contributed by atoms with Gasteiger partial charge in [-0.1, -0.05) is 6.07 Å². The van der Waals surface area contributed by atoms with Crippen molar-refractivity contribution in [3.8, 4) is 0 Å². The van der Waals surface area contributed by atoms with E-state index in [1.165, 1.54) is 13.2 Å². The molecule has 1 aromatic rings. The van der Waals surface area contributed by atoms with Crippen LogP contribution < -0.4 is 4.90 Å². The number of anilines is 1. The molecule has 0 aromatic heterocycles. The predicted octanol–water partition coefficient (Wildman–Crippen LogP) is 1.61. The minimum Gasteiger partial charge on any atom is -0.469 e. The summed E-state index contributed by atoms with van der Waals surface area (Å²) in [7, 11) is 4.84. The van der Waals surface area contributed by atoms with E-state index in [1.807, 2.05) is 0 Å². The summed E-state index contributed by atoms with van der Waals surface area (Å²) in [5.74, 6) is -0.701. The van der Waals surface area contributed by atoms with E-state index >= 15 is 0 Å². The molecule has 15 heavy (non-hydrogen) atoms. The Hall–Kier alpha value is -1.58. The van der Waals surface area contributed by atoms with Gasteiger partial charge in [0.05, 0.1) is 19.2 Å². The van der Waals surface area contributed by atoms with Crippen molar-refractivity contribution in [3.63, 3.8) is 0 Å². The first-order chi connectivity index (χ1) is 7.04. The van der Waals surface area contributed by atoms with Crippen LogP contribution in [0.4, 0.5) is 10.1 Å². The van der Waals surface area contributed by atoms with E-state index < -0.39 is 0 Å². The summed E-state index contributed by atoms with van der Waals surface area (Å²) in [6, 6.07) is 4.72. The van der Waals surface area contributed by atoms with Gasteiger partial charge in [-0.15, -0.1) is 0 Å². The largest absolute Gasteiger partial charge is 0.469 e. The van der Waals surface area contributed by atoms with Crippen molar-refractivity contribution in [2.24, 2.45) is 0 Å². The second kappa shape index (κ2) is 4.77. The summed E-state index contributed by atoms with van der Waals surface area (Å²) < 4.78 is 18.0. The summed E-state index contributed by atoms with van der Waals surface area (Å²) in [5.41, 5.74) is 1.12. The molecule has 82 valence electrons. The van der Waals surface area contributed by atoms with Crippen LogP contribution in [0.1, 0.15) is 5.56 Å². The number of methoxy groups -OCH3 is 1. The lowest BCUT2D eigenvalue weighted by Crippen LogP contribution is -2.11. The van der Waals surface area contributed by atoms with Crippen LogP contribution in [0.2, 0.25) is 0 Å². The fraction of sp³-hybridized carbons (Fsp3) is 0.364. The molecule has 0 aliphatic heterocycles. The molecule has 0 heterocycles. The van der Waals surface area contributed by atoms with Crippen molar-refractivity contribution >= 4 is 11.7 Å². The average molecular weight is 211 g/mol. The number of ether oxygens (including phenoxy) is 1. The molecule has 0 bridgehead atoms. The van der Waals surface area contributed by atoms with Gasteiger partial charge >= 0.3 is 5.97 Å². The Bertz CT molecular complexity index is 364. The highest BCUT2D eigenvalue weighted by Crippen LogP contribution is 2.18. The molecule has 0 radical (unpaired) electrons. The van der Waals surface area contributed by atoms with Gasteiger partial charge in [0, 0.05) is 14.1 Å². The van der Waals surface area contributed by atoms with Crippen LogP contribution in [-0.2, 0) is 16.0 Å². The quantitative estimate of drug-likeness (QED) is 0.711. The molecule has 0 saturated carbocycles. The number of carbonyl (C=O) groups excluding carboxylic acids is 1. The molecule has 0 fully saturated rings. The van der Waals surface area contributed by atoms with Gasteiger partial charge in [0.15, 0.2) is 0 Å². The first-order valence-corrected chi connectivity index (χ1v) is 4.57. The zero-order chi connectivity index (χ0) is 11.4. The maximum Gasteiger partial charge on any atom is 0.309 e. The molecule has 0 aliphatic rings. The molecule has 0 unspecified atom stereocenters. The highest BCUT2D eigenvalue weighted by Gasteiger charge is 2.08. The van der Waals surface area contributed by atoms with E-state index in [-0.39, 0.29) is 18.2 Å². The molecule has 4 heteroatoms. The van der Waals surface area contributed by atoms with Gasteiger partial charge in [-0.3, -0.25) is 4.79 Å². The van der Waals surface area contributed by atoms with Gasteiger partial charge in [-0.2, -0.15) is 0 Å². The number of nitrogens with zero attached hydrogens (tertiary/aromatic N) is 1. The molecule has 0 N–H and O–H groups in total. The first kappa shape index (κ1) is 11.5. The molecule has 0 atom stereocenters. The summed E-state index contributed by atoms with van der Waals surface area (Å²) in [6.07, 6.45) is 0.0983. The highest BCUT2D eigenvalue weighted by atomic mass is 19.1. The fourth-order valence-electron chi connectivity index (χ4n) is 1.26. The molecule has 0 spiro atoms. The summed E-state index contributed by atoms with van der Waals surface area (Å²) in [5, 5.41) is 0. The molecule has 3 nitrogen and oxygen atoms in total. The van der Waals surface area contributed by atoms with Crippen LogP contribution in [0.25, 0.3) is 0 Å². The third-order valence-corrected chi connectivity index (χ3v) is 2.07. The molecule has 1 aromatic carbocycles. The van der Waals surface area contributed by atoms with Crippen LogP contribution in [0, 0.1) is 5.82 Å². The number of benzene rings is 1. The Labute approximate surface area is 88.5 Å². The number of hydrogen-bond acceptors (Lipinski definition) is 3. The van der Waals surface area contributed by atoms with Crippen LogP contribution in [0.5, 0.6) is 0 Å². The van der Waals surface area contributed by atoms with Gasteiger partial charge in [-0.05, 0) is 17.7 Å². The maximum absolute atomic E-state index is 13.5. The summed E-state index contributed by atoms with van der Waals surface area (Å²) in [4.78, 5) is 12.6. The van der Waals surface area contributed by atoms with Crippen LogP contribution in [-0.4, -0.2) is 27.2 Å². The minimum atomic E-state index is -0.369. The van der Waals surface area contributed by atoms with Crippen molar-refractivity contribution in [1.29, 1.82) is 0 Å². The van der Waals surface area contributed by atoms with Gasteiger partial charge in [0.1, 0.15) is 5.82 Å². The van der Waals surface area contributed by atoms with Gasteiger partial charge in [0.25, 0.3) is 0 Å². The number of halogens is 1. The Kier molecular flexibility index (Phi) is 3.66. The lowest BCUT2D eigenvalue weighted by molar-refractivity contribution is -0.139. The summed E-state index contributed by atoms with van der Waals surface area (Å²) >= 11 is 0. The average Bonchev–Trinajstić information content (AvgIpc) is 2.17. The maximum atomic E-state index is 13.5. The van der Waals surface area contributed by atoms with Crippen molar-refractivity contribution < 1.29 is 13.9 Å². The topological polar surface area (TPSA) is 29.5 Å². The van der Waals surface area contributed by atoms with E-state index in [0.29, 0.717) is 11.3 Å². The SMILES string of the molecule is COC(=O)Cc1ccc(N(C)C)c(F)c1. The molecular formula is C11H14FNO2. The second-order valence-corrected chi connectivity index (χ2v) is 3.43. The molecule has 0 aliphatic carbocycles. The van der Waals surface area contributed by atoms with Crippen LogP contribution in [0.3, 0.4) is 0 Å². The standard InChI is InChI=1S/C11H14FNO2/c1-13(2)10-5-4-8(6-9(10)12)7-11(14)15-3/h4-6H,7H2,1-3H3. The van der Waals surface area contributed by atoms with Crippen LogP contribution in [0.15, 0.2) is 18.2 Å². The third-order valence-electron chi connectivity index (χ3n) is 2.07.